The first-order valence-electron chi connectivity index (χ1n) is 13.8. The zero-order chi connectivity index (χ0) is 26.6. The number of phenolic OH excluding ortho intramolecular Hbond substituents is 1. The van der Waals surface area contributed by atoms with E-state index < -0.39 is 5.97 Å². The Bertz CT molecular complexity index is 1110. The summed E-state index contributed by atoms with van der Waals surface area (Å²) >= 11 is 0. The first-order chi connectivity index (χ1) is 18.0. The highest BCUT2D eigenvalue weighted by atomic mass is 16.5. The molecule has 2 aromatic carbocycles. The number of aromatic nitrogens is 2. The molecule has 1 N–H and O–H groups in total. The van der Waals surface area contributed by atoms with E-state index in [1.807, 2.05) is 12.1 Å². The SMILES string of the molecule is CCCCC(c1cnc(-c2ccccc2)n1CCCC)N(CCCC)Cc1ccc(O)c(C(=O)OC)c1. The number of imidazole rings is 1. The molecule has 0 aliphatic rings. The van der Waals surface area contributed by atoms with Crippen LogP contribution in [0.4, 0.5) is 0 Å². The van der Waals surface area contributed by atoms with Gasteiger partial charge in [-0.25, -0.2) is 9.78 Å². The third-order valence-corrected chi connectivity index (χ3v) is 6.92. The van der Waals surface area contributed by atoms with Crippen molar-refractivity contribution >= 4 is 5.97 Å². The van der Waals surface area contributed by atoms with E-state index in [9.17, 15) is 9.90 Å². The summed E-state index contributed by atoms with van der Waals surface area (Å²) < 4.78 is 7.31. The van der Waals surface area contributed by atoms with Crippen molar-refractivity contribution in [2.45, 2.75) is 84.8 Å². The highest BCUT2D eigenvalue weighted by molar-refractivity contribution is 5.92. The second kappa shape index (κ2) is 14.6. The lowest BCUT2D eigenvalue weighted by Gasteiger charge is -2.33. The Kier molecular flexibility index (Phi) is 11.2. The first-order valence-corrected chi connectivity index (χ1v) is 13.8. The molecule has 3 rings (SSSR count). The van der Waals surface area contributed by atoms with Crippen LogP contribution in [0.25, 0.3) is 11.4 Å². The highest BCUT2D eigenvalue weighted by Crippen LogP contribution is 2.33. The lowest BCUT2D eigenvalue weighted by molar-refractivity contribution is 0.0597. The molecule has 0 amide bonds. The minimum atomic E-state index is -0.521. The molecular weight excluding hydrogens is 462 g/mol. The molecule has 6 heteroatoms. The zero-order valence-electron chi connectivity index (χ0n) is 22.9. The molecule has 3 aromatic rings. The molecule has 37 heavy (non-hydrogen) atoms. The van der Waals surface area contributed by atoms with E-state index in [1.54, 1.807) is 12.1 Å². The van der Waals surface area contributed by atoms with E-state index in [1.165, 1.54) is 12.8 Å². The predicted molar refractivity (Wildman–Crippen MR) is 150 cm³/mol. The van der Waals surface area contributed by atoms with Gasteiger partial charge < -0.3 is 14.4 Å². The molecule has 1 unspecified atom stereocenters. The number of ether oxygens (including phenoxy) is 1. The quantitative estimate of drug-likeness (QED) is 0.218. The summed E-state index contributed by atoms with van der Waals surface area (Å²) in [5.74, 6) is 0.453. The molecular formula is C31H43N3O3. The molecule has 200 valence electrons. The van der Waals surface area contributed by atoms with Gasteiger partial charge in [-0.1, -0.05) is 82.9 Å². The van der Waals surface area contributed by atoms with E-state index in [2.05, 4.69) is 60.7 Å². The molecule has 0 fully saturated rings. The molecule has 0 bridgehead atoms. The van der Waals surface area contributed by atoms with E-state index >= 15 is 0 Å². The second-order valence-electron chi connectivity index (χ2n) is 9.70. The number of hydrogen-bond acceptors (Lipinski definition) is 5. The second-order valence-corrected chi connectivity index (χ2v) is 9.70. The number of aromatic hydroxyl groups is 1. The van der Waals surface area contributed by atoms with Crippen LogP contribution in [-0.2, 0) is 17.8 Å². The maximum absolute atomic E-state index is 12.2. The molecule has 0 saturated heterocycles. The lowest BCUT2D eigenvalue weighted by Crippen LogP contribution is -2.31. The Morgan fingerprint density at radius 3 is 2.43 bits per heavy atom. The maximum Gasteiger partial charge on any atom is 0.341 e. The van der Waals surface area contributed by atoms with Gasteiger partial charge in [-0.3, -0.25) is 4.90 Å². The summed E-state index contributed by atoms with van der Waals surface area (Å²) in [4.78, 5) is 19.7. The number of rotatable bonds is 15. The van der Waals surface area contributed by atoms with Crippen LogP contribution >= 0.6 is 0 Å². The number of esters is 1. The molecule has 1 heterocycles. The van der Waals surface area contributed by atoms with Gasteiger partial charge in [-0.05, 0) is 43.5 Å². The number of carbonyl (C=O) groups is 1. The molecule has 0 aliphatic heterocycles. The fraction of sp³-hybridized carbons (Fsp3) is 0.484. The minimum Gasteiger partial charge on any atom is -0.507 e. The summed E-state index contributed by atoms with van der Waals surface area (Å²) in [5, 5.41) is 10.2. The Morgan fingerprint density at radius 1 is 1.03 bits per heavy atom. The van der Waals surface area contributed by atoms with Crippen LogP contribution in [0.5, 0.6) is 5.75 Å². The van der Waals surface area contributed by atoms with Crippen molar-refractivity contribution in [3.05, 3.63) is 71.5 Å². The highest BCUT2D eigenvalue weighted by Gasteiger charge is 2.26. The van der Waals surface area contributed by atoms with E-state index in [-0.39, 0.29) is 17.4 Å². The number of hydrogen-bond donors (Lipinski definition) is 1. The monoisotopic (exact) mass is 505 g/mol. The average molecular weight is 506 g/mol. The van der Waals surface area contributed by atoms with Crippen LogP contribution in [0.15, 0.2) is 54.7 Å². The van der Waals surface area contributed by atoms with Crippen LogP contribution < -0.4 is 0 Å². The van der Waals surface area contributed by atoms with Gasteiger partial charge in [0.1, 0.15) is 17.1 Å². The van der Waals surface area contributed by atoms with Crippen molar-refractivity contribution in [2.24, 2.45) is 0 Å². The molecule has 0 spiro atoms. The largest absolute Gasteiger partial charge is 0.507 e. The van der Waals surface area contributed by atoms with Gasteiger partial charge >= 0.3 is 5.97 Å². The van der Waals surface area contributed by atoms with Gasteiger partial charge in [-0.15, -0.1) is 0 Å². The van der Waals surface area contributed by atoms with Crippen LogP contribution in [0.3, 0.4) is 0 Å². The van der Waals surface area contributed by atoms with Gasteiger partial charge in [0, 0.05) is 18.7 Å². The van der Waals surface area contributed by atoms with Crippen molar-refractivity contribution in [3.63, 3.8) is 0 Å². The summed E-state index contributed by atoms with van der Waals surface area (Å²) in [6.07, 6.45) is 9.76. The number of benzene rings is 2. The number of carbonyl (C=O) groups excluding carboxylic acids is 1. The van der Waals surface area contributed by atoms with Gasteiger partial charge in [0.2, 0.25) is 0 Å². The third kappa shape index (κ3) is 7.45. The topological polar surface area (TPSA) is 67.6 Å². The molecule has 0 radical (unpaired) electrons. The maximum atomic E-state index is 12.2. The van der Waals surface area contributed by atoms with Gasteiger partial charge in [0.05, 0.1) is 25.0 Å². The van der Waals surface area contributed by atoms with Gasteiger partial charge in [0.25, 0.3) is 0 Å². The van der Waals surface area contributed by atoms with Crippen molar-refractivity contribution < 1.29 is 14.6 Å². The van der Waals surface area contributed by atoms with Crippen molar-refractivity contribution in [3.8, 4) is 17.1 Å². The summed E-state index contributed by atoms with van der Waals surface area (Å²) in [6, 6.07) is 15.9. The van der Waals surface area contributed by atoms with Gasteiger partial charge in [-0.2, -0.15) is 0 Å². The smallest absolute Gasteiger partial charge is 0.341 e. The zero-order valence-corrected chi connectivity index (χ0v) is 22.9. The van der Waals surface area contributed by atoms with E-state index in [0.717, 1.165) is 75.0 Å². The standard InChI is InChI=1S/C31H43N3O3/c1-5-8-16-27(28-22-32-30(34(28)20-10-7-3)25-14-12-11-13-15-25)33(19-9-6-2)23-24-17-18-29(35)26(21-24)31(36)37-4/h11-15,17-18,21-22,27,35H,5-10,16,19-20,23H2,1-4H3. The molecule has 1 aromatic heterocycles. The van der Waals surface area contributed by atoms with Crippen LogP contribution in [0, 0.1) is 0 Å². The molecule has 0 aliphatic carbocycles. The average Bonchev–Trinajstić information content (AvgIpc) is 3.34. The molecule has 6 nitrogen and oxygen atoms in total. The first kappa shape index (κ1) is 28.5. The van der Waals surface area contributed by atoms with E-state index in [0.29, 0.717) is 6.54 Å². The predicted octanol–water partition coefficient (Wildman–Crippen LogP) is 7.38. The Morgan fingerprint density at radius 2 is 1.76 bits per heavy atom. The Labute approximate surface area is 222 Å². The fourth-order valence-electron chi connectivity index (χ4n) is 4.83. The van der Waals surface area contributed by atoms with E-state index in [4.69, 9.17) is 9.72 Å². The number of methoxy groups -OCH3 is 1. The number of nitrogens with zero attached hydrogens (tertiary/aromatic N) is 3. The van der Waals surface area contributed by atoms with Gasteiger partial charge in [0.15, 0.2) is 0 Å². The fourth-order valence-corrected chi connectivity index (χ4v) is 4.83. The van der Waals surface area contributed by atoms with Crippen molar-refractivity contribution in [2.75, 3.05) is 13.7 Å². The Hall–Kier alpha value is -3.12. The van der Waals surface area contributed by atoms with Crippen LogP contribution in [0.1, 0.15) is 93.4 Å². The third-order valence-electron chi connectivity index (χ3n) is 6.92. The molecule has 0 saturated carbocycles. The summed E-state index contributed by atoms with van der Waals surface area (Å²) in [5.41, 5.74) is 3.59. The normalized spacial score (nSPS) is 12.1. The minimum absolute atomic E-state index is 0.0524. The van der Waals surface area contributed by atoms with Crippen LogP contribution in [-0.4, -0.2) is 39.2 Å². The number of unbranched alkanes of at least 4 members (excludes halogenated alkanes) is 3. The van der Waals surface area contributed by atoms with Crippen molar-refractivity contribution in [1.29, 1.82) is 0 Å². The van der Waals surface area contributed by atoms with Crippen molar-refractivity contribution in [1.82, 2.24) is 14.5 Å². The summed E-state index contributed by atoms with van der Waals surface area (Å²) in [6.45, 7) is 9.24. The molecule has 1 atom stereocenters. The number of phenols is 1. The Balaban J connectivity index is 2.04. The van der Waals surface area contributed by atoms with Crippen LogP contribution in [0.2, 0.25) is 0 Å². The lowest BCUT2D eigenvalue weighted by atomic mass is 10.0. The summed E-state index contributed by atoms with van der Waals surface area (Å²) in [7, 11) is 1.34.